The normalized spacial score (nSPS) is 44.6. The summed E-state index contributed by atoms with van der Waals surface area (Å²) in [5.74, 6) is 0.360. The van der Waals surface area contributed by atoms with Gasteiger partial charge in [0.15, 0.2) is 6.29 Å². The number of hydrogen-bond donors (Lipinski definition) is 11. The minimum atomic E-state index is -1.42. The second-order valence-corrected chi connectivity index (χ2v) is 13.6. The minimum Gasteiger partial charge on any atom is -0.467 e. The number of hydrogen-bond acceptors (Lipinski definition) is 15. The summed E-state index contributed by atoms with van der Waals surface area (Å²) in [6.45, 7) is 3.70. The van der Waals surface area contributed by atoms with E-state index in [1.54, 1.807) is 7.05 Å². The molecule has 5 rings (SSSR count). The van der Waals surface area contributed by atoms with E-state index in [2.05, 4.69) is 21.3 Å². The van der Waals surface area contributed by atoms with Crippen LogP contribution >= 0.6 is 0 Å². The molecule has 1 amide bonds. The molecule has 5 aliphatic rings. The molecule has 45 heavy (non-hydrogen) atoms. The standard InChI is InChI=1S/C29H53N7O9/c1-29(41)12-42-28(22(39)25(29)33-2)45-24-19(36-26(40)20(37)14-9-35-10-14)7-18(32)23(21(24)38)44-27-17(31)4-3-16(43-27)11-34-8-13-5-15(30)6-13/h3,13-15,17-25,27-28,33-35,37-39,41H,4-12,30-32H2,1-2H3,(H,36,40)/t13-,15-,17-,18+,19-,20?,21+,22-,23-,24+,25-,27-,28-,29+/m1/s1. The number of rotatable bonds is 12. The number of amides is 1. The van der Waals surface area contributed by atoms with Gasteiger partial charge in [-0.1, -0.05) is 0 Å². The summed E-state index contributed by atoms with van der Waals surface area (Å²) < 4.78 is 24.2. The Labute approximate surface area is 263 Å². The molecule has 4 fully saturated rings. The molecule has 14 N–H and O–H groups in total. The highest BCUT2D eigenvalue weighted by Crippen LogP contribution is 2.32. The Bertz CT molecular complexity index is 1030. The van der Waals surface area contributed by atoms with Gasteiger partial charge in [-0.2, -0.15) is 0 Å². The van der Waals surface area contributed by atoms with Gasteiger partial charge in [0, 0.05) is 31.1 Å². The van der Waals surface area contributed by atoms with Crippen molar-refractivity contribution in [2.24, 2.45) is 29.0 Å². The van der Waals surface area contributed by atoms with E-state index in [0.717, 1.165) is 19.4 Å². The zero-order chi connectivity index (χ0) is 32.5. The van der Waals surface area contributed by atoms with Crippen molar-refractivity contribution >= 4 is 5.91 Å². The molecule has 16 nitrogen and oxygen atoms in total. The molecular weight excluding hydrogens is 590 g/mol. The topological polar surface area (TPSA) is 261 Å². The second-order valence-electron chi connectivity index (χ2n) is 13.6. The smallest absolute Gasteiger partial charge is 0.249 e. The first-order valence-corrected chi connectivity index (χ1v) is 16.1. The first kappa shape index (κ1) is 34.8. The fraction of sp³-hybridized carbons (Fsp3) is 0.897. The third-order valence-electron chi connectivity index (χ3n) is 9.84. The van der Waals surface area contributed by atoms with Crippen molar-refractivity contribution < 1.29 is 44.2 Å². The molecule has 0 bridgehead atoms. The van der Waals surface area contributed by atoms with Crippen molar-refractivity contribution in [2.75, 3.05) is 39.8 Å². The Morgan fingerprint density at radius 2 is 1.82 bits per heavy atom. The Kier molecular flexibility index (Phi) is 11.4. The summed E-state index contributed by atoms with van der Waals surface area (Å²) in [6, 6.07) is -2.69. The molecule has 2 saturated heterocycles. The molecule has 1 unspecified atom stereocenters. The molecule has 2 aliphatic carbocycles. The third kappa shape index (κ3) is 7.97. The molecule has 16 heteroatoms. The summed E-state index contributed by atoms with van der Waals surface area (Å²) in [5.41, 5.74) is 17.4. The molecule has 12 atom stereocenters. The van der Waals surface area contributed by atoms with Crippen LogP contribution in [0.15, 0.2) is 11.8 Å². The van der Waals surface area contributed by atoms with E-state index in [4.69, 9.17) is 36.1 Å². The van der Waals surface area contributed by atoms with Gasteiger partial charge in [0.1, 0.15) is 41.9 Å². The zero-order valence-corrected chi connectivity index (χ0v) is 26.1. The Balaban J connectivity index is 1.26. The van der Waals surface area contributed by atoms with Gasteiger partial charge in [-0.05, 0) is 58.2 Å². The van der Waals surface area contributed by atoms with Crippen LogP contribution in [0.1, 0.15) is 32.6 Å². The second kappa shape index (κ2) is 14.7. The highest BCUT2D eigenvalue weighted by molar-refractivity contribution is 5.81. The van der Waals surface area contributed by atoms with Gasteiger partial charge in [0.25, 0.3) is 0 Å². The van der Waals surface area contributed by atoms with E-state index in [0.29, 0.717) is 37.7 Å². The van der Waals surface area contributed by atoms with E-state index in [1.165, 1.54) is 6.92 Å². The fourth-order valence-corrected chi connectivity index (χ4v) is 6.89. The van der Waals surface area contributed by atoms with Gasteiger partial charge in [0.2, 0.25) is 12.2 Å². The number of ether oxygens (including phenoxy) is 4. The van der Waals surface area contributed by atoms with Crippen molar-refractivity contribution in [2.45, 2.75) is 112 Å². The van der Waals surface area contributed by atoms with Gasteiger partial charge < -0.3 is 77.8 Å². The van der Waals surface area contributed by atoms with Gasteiger partial charge in [-0.25, -0.2) is 0 Å². The quantitative estimate of drug-likeness (QED) is 0.0954. The summed E-state index contributed by atoms with van der Waals surface area (Å²) in [4.78, 5) is 13.0. The number of likely N-dealkylation sites (N-methyl/N-ethyl adjacent to an activating group) is 1. The van der Waals surface area contributed by atoms with Crippen molar-refractivity contribution in [3.63, 3.8) is 0 Å². The molecule has 3 aliphatic heterocycles. The molecule has 0 radical (unpaired) electrons. The van der Waals surface area contributed by atoms with E-state index >= 15 is 0 Å². The van der Waals surface area contributed by atoms with Crippen LogP contribution < -0.4 is 38.5 Å². The van der Waals surface area contributed by atoms with Crippen molar-refractivity contribution in [1.82, 2.24) is 21.3 Å². The molecular formula is C29H53N7O9. The Morgan fingerprint density at radius 3 is 2.47 bits per heavy atom. The maximum Gasteiger partial charge on any atom is 0.249 e. The van der Waals surface area contributed by atoms with Crippen LogP contribution in [0.25, 0.3) is 0 Å². The molecule has 258 valence electrons. The van der Waals surface area contributed by atoms with Crippen LogP contribution in [-0.2, 0) is 23.7 Å². The molecule has 3 heterocycles. The predicted octanol–water partition coefficient (Wildman–Crippen LogP) is -4.75. The lowest BCUT2D eigenvalue weighted by Crippen LogP contribution is -2.69. The first-order valence-electron chi connectivity index (χ1n) is 16.1. The van der Waals surface area contributed by atoms with Crippen LogP contribution in [0.4, 0.5) is 0 Å². The maximum absolute atomic E-state index is 13.0. The third-order valence-corrected chi connectivity index (χ3v) is 9.84. The average molecular weight is 644 g/mol. The zero-order valence-electron chi connectivity index (χ0n) is 26.1. The molecule has 0 aromatic rings. The van der Waals surface area contributed by atoms with Crippen molar-refractivity contribution in [3.8, 4) is 0 Å². The summed E-state index contributed by atoms with van der Waals surface area (Å²) >= 11 is 0. The average Bonchev–Trinajstić information content (AvgIpc) is 2.93. The first-order chi connectivity index (χ1) is 21.4. The monoisotopic (exact) mass is 643 g/mol. The number of nitrogens with two attached hydrogens (primary N) is 3. The van der Waals surface area contributed by atoms with E-state index in [9.17, 15) is 25.2 Å². The Hall–Kier alpha value is -1.51. The summed E-state index contributed by atoms with van der Waals surface area (Å²) in [5, 5.41) is 56.1. The lowest BCUT2D eigenvalue weighted by atomic mass is 9.81. The van der Waals surface area contributed by atoms with Crippen LogP contribution in [0.2, 0.25) is 0 Å². The van der Waals surface area contributed by atoms with Gasteiger partial charge in [-0.3, -0.25) is 4.79 Å². The number of carbonyl (C=O) groups excluding carboxylic acids is 1. The van der Waals surface area contributed by atoms with E-state index in [1.807, 2.05) is 6.08 Å². The van der Waals surface area contributed by atoms with Crippen LogP contribution in [0.3, 0.4) is 0 Å². The van der Waals surface area contributed by atoms with Crippen molar-refractivity contribution in [1.29, 1.82) is 0 Å². The lowest BCUT2D eigenvalue weighted by molar-refractivity contribution is -0.304. The van der Waals surface area contributed by atoms with Crippen LogP contribution in [-0.4, -0.2) is 145 Å². The van der Waals surface area contributed by atoms with E-state index in [-0.39, 0.29) is 25.0 Å². The summed E-state index contributed by atoms with van der Waals surface area (Å²) in [7, 11) is 1.59. The van der Waals surface area contributed by atoms with Gasteiger partial charge in [-0.15, -0.1) is 0 Å². The van der Waals surface area contributed by atoms with Gasteiger partial charge in [0.05, 0.1) is 31.3 Å². The van der Waals surface area contributed by atoms with Crippen LogP contribution in [0.5, 0.6) is 0 Å². The van der Waals surface area contributed by atoms with Gasteiger partial charge >= 0.3 is 0 Å². The number of carbonyl (C=O) groups is 1. The minimum absolute atomic E-state index is 0.111. The number of aliphatic hydroxyl groups is 4. The number of nitrogens with one attached hydrogen (secondary N) is 4. The molecule has 0 aromatic heterocycles. The fourth-order valence-electron chi connectivity index (χ4n) is 6.89. The van der Waals surface area contributed by atoms with Crippen LogP contribution in [0, 0.1) is 11.8 Å². The highest BCUT2D eigenvalue weighted by Gasteiger charge is 2.52. The molecule has 0 spiro atoms. The number of aliphatic hydroxyl groups excluding tert-OH is 3. The molecule has 2 saturated carbocycles. The highest BCUT2D eigenvalue weighted by atomic mass is 16.7. The van der Waals surface area contributed by atoms with Crippen molar-refractivity contribution in [3.05, 3.63) is 11.8 Å². The molecule has 0 aromatic carbocycles. The predicted molar refractivity (Wildman–Crippen MR) is 161 cm³/mol. The maximum atomic E-state index is 13.0. The lowest BCUT2D eigenvalue weighted by Gasteiger charge is -2.49. The summed E-state index contributed by atoms with van der Waals surface area (Å²) in [6.07, 6.45) is -3.85. The SMILES string of the molecule is CN[C@@H]1[C@@H](O)[C@@H](O[C@@H]2[C@@H](O)[C@H](O[C@H]3OC(CNC[C@H]4C[C@H](N)C4)=CC[C@H]3N)[C@@H](N)C[C@H]2NC(=O)C(O)C2CNC2)OC[C@]1(C)O. The van der Waals surface area contributed by atoms with E-state index < -0.39 is 78.8 Å². The largest absolute Gasteiger partial charge is 0.467 e. The Morgan fingerprint density at radius 1 is 1.11 bits per heavy atom.